The van der Waals surface area contributed by atoms with Crippen LogP contribution >= 0.6 is 24.0 Å². The zero-order valence-electron chi connectivity index (χ0n) is 16.1. The van der Waals surface area contributed by atoms with E-state index in [1.54, 1.807) is 0 Å². The standard InChI is InChI=1S/C18H28N4O4S.HI/c1-15-13-21(6-11-26-15)18(19)20-12-16-4-2-3-5-17(16)14-27(23,24)22-7-9-25-10-8-22;/h2-5,15H,6-14H2,1H3,(H2,19,20);1H. The highest BCUT2D eigenvalue weighted by Gasteiger charge is 2.25. The first kappa shape index (κ1) is 23.3. The van der Waals surface area contributed by atoms with Crippen LogP contribution in [0.25, 0.3) is 0 Å². The molecule has 2 aliphatic rings. The lowest BCUT2D eigenvalue weighted by atomic mass is 10.1. The van der Waals surface area contributed by atoms with Gasteiger partial charge in [0.05, 0.1) is 38.2 Å². The van der Waals surface area contributed by atoms with E-state index < -0.39 is 10.0 Å². The Morgan fingerprint density at radius 3 is 2.54 bits per heavy atom. The second-order valence-corrected chi connectivity index (χ2v) is 8.81. The van der Waals surface area contributed by atoms with Gasteiger partial charge in [-0.05, 0) is 18.1 Å². The van der Waals surface area contributed by atoms with E-state index in [4.69, 9.17) is 15.2 Å². The van der Waals surface area contributed by atoms with Crippen molar-refractivity contribution >= 4 is 40.0 Å². The van der Waals surface area contributed by atoms with E-state index in [1.165, 1.54) is 4.31 Å². The number of nitrogens with zero attached hydrogens (tertiary/aromatic N) is 3. The molecule has 28 heavy (non-hydrogen) atoms. The van der Waals surface area contributed by atoms with Crippen LogP contribution in [0, 0.1) is 0 Å². The second-order valence-electron chi connectivity index (χ2n) is 6.84. The summed E-state index contributed by atoms with van der Waals surface area (Å²) in [6, 6.07) is 7.49. The van der Waals surface area contributed by atoms with Crippen LogP contribution in [-0.4, -0.2) is 75.7 Å². The molecule has 1 atom stereocenters. The van der Waals surface area contributed by atoms with Crippen molar-refractivity contribution in [2.24, 2.45) is 10.7 Å². The maximum absolute atomic E-state index is 12.7. The summed E-state index contributed by atoms with van der Waals surface area (Å²) in [4.78, 5) is 6.49. The maximum atomic E-state index is 12.7. The molecule has 10 heteroatoms. The van der Waals surface area contributed by atoms with E-state index in [9.17, 15) is 8.42 Å². The van der Waals surface area contributed by atoms with Gasteiger partial charge in [0.2, 0.25) is 10.0 Å². The Labute approximate surface area is 184 Å². The first-order chi connectivity index (χ1) is 13.0. The number of guanidine groups is 1. The summed E-state index contributed by atoms with van der Waals surface area (Å²) in [5.74, 6) is 0.434. The van der Waals surface area contributed by atoms with Gasteiger partial charge in [0.15, 0.2) is 5.96 Å². The van der Waals surface area contributed by atoms with E-state index in [0.29, 0.717) is 58.5 Å². The van der Waals surface area contributed by atoms with E-state index in [2.05, 4.69) is 4.99 Å². The first-order valence-corrected chi connectivity index (χ1v) is 10.9. The Hall–Kier alpha value is -0.950. The lowest BCUT2D eigenvalue weighted by Gasteiger charge is -2.31. The normalized spacial score (nSPS) is 22.0. The Balaban J connectivity index is 0.00000280. The van der Waals surface area contributed by atoms with Gasteiger partial charge in [0.25, 0.3) is 0 Å². The highest BCUT2D eigenvalue weighted by atomic mass is 127. The van der Waals surface area contributed by atoms with Crippen LogP contribution in [0.3, 0.4) is 0 Å². The van der Waals surface area contributed by atoms with Crippen LogP contribution in [0.1, 0.15) is 18.1 Å². The fraction of sp³-hybridized carbons (Fsp3) is 0.611. The molecule has 0 radical (unpaired) electrons. The van der Waals surface area contributed by atoms with Crippen molar-refractivity contribution in [2.45, 2.75) is 25.3 Å². The zero-order chi connectivity index (χ0) is 19.3. The van der Waals surface area contributed by atoms with Gasteiger partial charge in [0, 0.05) is 26.2 Å². The Morgan fingerprint density at radius 2 is 1.86 bits per heavy atom. The van der Waals surface area contributed by atoms with E-state index in [1.807, 2.05) is 36.1 Å². The molecule has 1 aromatic rings. The van der Waals surface area contributed by atoms with Gasteiger partial charge in [-0.2, -0.15) is 4.31 Å². The van der Waals surface area contributed by atoms with Crippen LogP contribution in [0.2, 0.25) is 0 Å². The minimum Gasteiger partial charge on any atom is -0.379 e. The molecule has 0 aliphatic carbocycles. The van der Waals surface area contributed by atoms with Gasteiger partial charge in [-0.1, -0.05) is 24.3 Å². The lowest BCUT2D eigenvalue weighted by Crippen LogP contribution is -2.47. The summed E-state index contributed by atoms with van der Waals surface area (Å²) >= 11 is 0. The van der Waals surface area contributed by atoms with Crippen molar-refractivity contribution in [1.29, 1.82) is 0 Å². The molecule has 3 rings (SSSR count). The number of hydrogen-bond donors (Lipinski definition) is 1. The summed E-state index contributed by atoms with van der Waals surface area (Å²) in [5, 5.41) is 0. The molecule has 2 heterocycles. The summed E-state index contributed by atoms with van der Waals surface area (Å²) in [7, 11) is -3.38. The number of sulfonamides is 1. The van der Waals surface area contributed by atoms with Crippen LogP contribution in [0.5, 0.6) is 0 Å². The minimum atomic E-state index is -3.38. The second kappa shape index (κ2) is 10.7. The van der Waals surface area contributed by atoms with Gasteiger partial charge in [-0.3, -0.25) is 0 Å². The van der Waals surface area contributed by atoms with E-state index >= 15 is 0 Å². The van der Waals surface area contributed by atoms with Crippen LogP contribution in [0.4, 0.5) is 0 Å². The highest BCUT2D eigenvalue weighted by Crippen LogP contribution is 2.17. The van der Waals surface area contributed by atoms with Gasteiger partial charge in [0.1, 0.15) is 0 Å². The van der Waals surface area contributed by atoms with Crippen molar-refractivity contribution in [1.82, 2.24) is 9.21 Å². The molecule has 0 saturated carbocycles. The predicted molar refractivity (Wildman–Crippen MR) is 119 cm³/mol. The third-order valence-electron chi connectivity index (χ3n) is 4.80. The lowest BCUT2D eigenvalue weighted by molar-refractivity contribution is 0.00528. The number of nitrogens with two attached hydrogens (primary N) is 1. The average molecular weight is 524 g/mol. The summed E-state index contributed by atoms with van der Waals surface area (Å²) in [5.41, 5.74) is 7.77. The number of rotatable bonds is 5. The van der Waals surface area contributed by atoms with Gasteiger partial charge in [-0.25, -0.2) is 13.4 Å². The van der Waals surface area contributed by atoms with Crippen LogP contribution < -0.4 is 5.73 Å². The van der Waals surface area contributed by atoms with Gasteiger partial charge >= 0.3 is 0 Å². The van der Waals surface area contributed by atoms with Crippen LogP contribution in [-0.2, 0) is 31.8 Å². The van der Waals surface area contributed by atoms with E-state index in [-0.39, 0.29) is 35.8 Å². The van der Waals surface area contributed by atoms with E-state index in [0.717, 1.165) is 11.1 Å². The SMILES string of the molecule is CC1CN(C(N)=NCc2ccccc2CS(=O)(=O)N2CCOCC2)CCO1.I. The molecule has 0 aromatic heterocycles. The van der Waals surface area contributed by atoms with Crippen molar-refractivity contribution in [3.8, 4) is 0 Å². The van der Waals surface area contributed by atoms with Crippen molar-refractivity contribution in [3.63, 3.8) is 0 Å². The minimum absolute atomic E-state index is 0. The molecule has 2 fully saturated rings. The molecule has 8 nitrogen and oxygen atoms in total. The van der Waals surface area contributed by atoms with Gasteiger partial charge in [-0.15, -0.1) is 24.0 Å². The highest BCUT2D eigenvalue weighted by molar-refractivity contribution is 14.0. The summed E-state index contributed by atoms with van der Waals surface area (Å²) < 4.78 is 37.7. The molecule has 0 amide bonds. The number of ether oxygens (including phenoxy) is 2. The molecular formula is C18H29IN4O4S. The maximum Gasteiger partial charge on any atom is 0.218 e. The fourth-order valence-corrected chi connectivity index (χ4v) is 4.82. The smallest absolute Gasteiger partial charge is 0.218 e. The number of benzene rings is 1. The number of morpholine rings is 2. The molecule has 0 spiro atoms. The quantitative estimate of drug-likeness (QED) is 0.351. The van der Waals surface area contributed by atoms with Crippen molar-refractivity contribution in [3.05, 3.63) is 35.4 Å². The number of hydrogen-bond acceptors (Lipinski definition) is 5. The largest absolute Gasteiger partial charge is 0.379 e. The summed E-state index contributed by atoms with van der Waals surface area (Å²) in [6.07, 6.45) is 0.124. The molecule has 2 N–H and O–H groups in total. The molecule has 2 saturated heterocycles. The molecular weight excluding hydrogens is 495 g/mol. The van der Waals surface area contributed by atoms with Gasteiger partial charge < -0.3 is 20.1 Å². The average Bonchev–Trinajstić information content (AvgIpc) is 2.67. The topological polar surface area (TPSA) is 97.5 Å². The monoisotopic (exact) mass is 524 g/mol. The van der Waals surface area contributed by atoms with Crippen LogP contribution in [0.15, 0.2) is 29.3 Å². The first-order valence-electron chi connectivity index (χ1n) is 9.24. The number of aliphatic imine (C=N–C) groups is 1. The molecule has 0 bridgehead atoms. The zero-order valence-corrected chi connectivity index (χ0v) is 19.3. The Morgan fingerprint density at radius 1 is 1.18 bits per heavy atom. The van der Waals surface area contributed by atoms with Crippen molar-refractivity contribution in [2.75, 3.05) is 46.0 Å². The predicted octanol–water partition coefficient (Wildman–Crippen LogP) is 1.00. The number of halogens is 1. The fourth-order valence-electron chi connectivity index (χ4n) is 3.26. The third-order valence-corrected chi connectivity index (χ3v) is 6.62. The summed E-state index contributed by atoms with van der Waals surface area (Å²) in [6.45, 7) is 6.12. The molecule has 1 unspecified atom stereocenters. The molecule has 1 aromatic carbocycles. The molecule has 2 aliphatic heterocycles. The van der Waals surface area contributed by atoms with Crippen molar-refractivity contribution < 1.29 is 17.9 Å². The Bertz CT molecular complexity index is 769. The molecule has 158 valence electrons. The Kier molecular flexibility index (Phi) is 8.93. The third kappa shape index (κ3) is 6.28.